The molecule has 0 saturated carbocycles. The van der Waals surface area contributed by atoms with Gasteiger partial charge in [0.1, 0.15) is 5.15 Å². The lowest BCUT2D eigenvalue weighted by Gasteiger charge is -2.19. The average Bonchev–Trinajstić information content (AvgIpc) is 2.59. The number of benzene rings is 1. The number of halogens is 4. The summed E-state index contributed by atoms with van der Waals surface area (Å²) in [6.07, 6.45) is -4.07. The van der Waals surface area contributed by atoms with E-state index in [0.717, 1.165) is 0 Å². The summed E-state index contributed by atoms with van der Waals surface area (Å²) in [7, 11) is 4.08. The van der Waals surface area contributed by atoms with Crippen LogP contribution >= 0.6 is 11.6 Å². The third-order valence-corrected chi connectivity index (χ3v) is 4.37. The summed E-state index contributed by atoms with van der Waals surface area (Å²) < 4.78 is 55.4. The Balaban J connectivity index is 2.80. The van der Waals surface area contributed by atoms with Gasteiger partial charge in [-0.05, 0) is 31.0 Å². The van der Waals surface area contributed by atoms with Crippen LogP contribution in [0, 0.1) is 13.8 Å². The first-order valence-corrected chi connectivity index (χ1v) is 8.02. The van der Waals surface area contributed by atoms with Gasteiger partial charge in [-0.25, -0.2) is 4.98 Å². The van der Waals surface area contributed by atoms with E-state index in [1.165, 1.54) is 34.3 Å². The van der Waals surface area contributed by atoms with Crippen LogP contribution in [0.15, 0.2) is 12.3 Å². The molecule has 1 aromatic heterocycles. The van der Waals surface area contributed by atoms with E-state index in [1.54, 1.807) is 6.92 Å². The first kappa shape index (κ1) is 20.8. The predicted molar refractivity (Wildman–Crippen MR) is 93.3 cm³/mol. The van der Waals surface area contributed by atoms with Gasteiger partial charge in [-0.2, -0.15) is 13.2 Å². The predicted octanol–water partition coefficient (Wildman–Crippen LogP) is 4.63. The second kappa shape index (κ2) is 7.64. The van der Waals surface area contributed by atoms with Gasteiger partial charge in [-0.1, -0.05) is 11.6 Å². The highest BCUT2D eigenvalue weighted by Gasteiger charge is 2.36. The Labute approximate surface area is 159 Å². The summed E-state index contributed by atoms with van der Waals surface area (Å²) in [4.78, 5) is 16.7. The summed E-state index contributed by atoms with van der Waals surface area (Å²) in [5.74, 6) is -0.269. The van der Waals surface area contributed by atoms with E-state index in [2.05, 4.69) is 4.98 Å². The Morgan fingerprint density at radius 3 is 2.11 bits per heavy atom. The normalized spacial score (nSPS) is 11.3. The van der Waals surface area contributed by atoms with Crippen LogP contribution in [-0.2, 0) is 6.18 Å². The van der Waals surface area contributed by atoms with Crippen molar-refractivity contribution in [2.75, 3.05) is 21.3 Å². The van der Waals surface area contributed by atoms with Gasteiger partial charge in [0.05, 0.1) is 38.0 Å². The number of methoxy groups -OCH3 is 3. The number of carbonyl (C=O) groups is 1. The van der Waals surface area contributed by atoms with Crippen molar-refractivity contribution in [2.24, 2.45) is 0 Å². The smallest absolute Gasteiger partial charge is 0.418 e. The Morgan fingerprint density at radius 2 is 1.63 bits per heavy atom. The Bertz CT molecular complexity index is 897. The molecule has 9 heteroatoms. The molecule has 0 aliphatic rings. The molecule has 0 fully saturated rings. The molecule has 0 radical (unpaired) electrons. The third kappa shape index (κ3) is 3.66. The van der Waals surface area contributed by atoms with Crippen LogP contribution in [0.2, 0.25) is 5.15 Å². The maximum atomic E-state index is 13.2. The molecule has 0 bridgehead atoms. The van der Waals surface area contributed by atoms with Crippen LogP contribution in [0.1, 0.15) is 32.6 Å². The lowest BCUT2D eigenvalue weighted by Crippen LogP contribution is -2.16. The summed E-state index contributed by atoms with van der Waals surface area (Å²) in [5, 5.41) is -0.332. The molecule has 5 nitrogen and oxygen atoms in total. The number of rotatable bonds is 5. The van der Waals surface area contributed by atoms with Crippen LogP contribution in [0.25, 0.3) is 0 Å². The number of pyridine rings is 1. The molecule has 0 unspecified atom stereocenters. The molecule has 1 heterocycles. The van der Waals surface area contributed by atoms with Gasteiger partial charge in [0.2, 0.25) is 11.5 Å². The van der Waals surface area contributed by atoms with Crippen molar-refractivity contribution < 1.29 is 32.2 Å². The molecule has 0 N–H and O–H groups in total. The minimum atomic E-state index is -4.67. The standard InChI is InChI=1S/C18H17ClF3NO4/c1-8-6-11(25-3)15(26-4)16(27-5)12(8)14(24)13-9(2)10(18(20,21)22)7-23-17(13)19/h6-7H,1-5H3. The van der Waals surface area contributed by atoms with E-state index in [1.807, 2.05) is 0 Å². The number of aryl methyl sites for hydroxylation is 1. The maximum absolute atomic E-state index is 13.2. The molecule has 0 amide bonds. The van der Waals surface area contributed by atoms with E-state index in [0.29, 0.717) is 17.5 Å². The van der Waals surface area contributed by atoms with E-state index in [-0.39, 0.29) is 33.3 Å². The Kier molecular flexibility index (Phi) is 5.89. The second-order valence-corrected chi connectivity index (χ2v) is 5.98. The molecule has 2 aromatic rings. The number of hydrogen-bond acceptors (Lipinski definition) is 5. The number of ether oxygens (including phenoxy) is 3. The third-order valence-electron chi connectivity index (χ3n) is 4.08. The molecule has 0 aliphatic carbocycles. The highest BCUT2D eigenvalue weighted by molar-refractivity contribution is 6.34. The van der Waals surface area contributed by atoms with E-state index >= 15 is 0 Å². The summed E-state index contributed by atoms with van der Waals surface area (Å²) >= 11 is 5.98. The topological polar surface area (TPSA) is 57.7 Å². The van der Waals surface area contributed by atoms with Crippen LogP contribution in [-0.4, -0.2) is 32.1 Å². The van der Waals surface area contributed by atoms with Gasteiger partial charge >= 0.3 is 6.18 Å². The zero-order valence-electron chi connectivity index (χ0n) is 15.2. The molecule has 0 atom stereocenters. The minimum Gasteiger partial charge on any atom is -0.493 e. The summed E-state index contributed by atoms with van der Waals surface area (Å²) in [6, 6.07) is 1.53. The van der Waals surface area contributed by atoms with Gasteiger partial charge in [0.25, 0.3) is 0 Å². The lowest BCUT2D eigenvalue weighted by molar-refractivity contribution is -0.138. The fourth-order valence-corrected chi connectivity index (χ4v) is 3.08. The highest BCUT2D eigenvalue weighted by atomic mass is 35.5. The molecule has 1 aromatic carbocycles. The molecule has 27 heavy (non-hydrogen) atoms. The van der Waals surface area contributed by atoms with Crippen LogP contribution in [0.5, 0.6) is 17.2 Å². The number of alkyl halides is 3. The quantitative estimate of drug-likeness (QED) is 0.538. The van der Waals surface area contributed by atoms with Gasteiger partial charge in [0, 0.05) is 6.20 Å². The van der Waals surface area contributed by atoms with E-state index in [9.17, 15) is 18.0 Å². The zero-order chi connectivity index (χ0) is 20.5. The fourth-order valence-electron chi connectivity index (χ4n) is 2.81. The van der Waals surface area contributed by atoms with E-state index in [4.69, 9.17) is 25.8 Å². The molecular weight excluding hydrogens is 387 g/mol. The Morgan fingerprint density at radius 1 is 1.04 bits per heavy atom. The number of nitrogens with zero attached hydrogens (tertiary/aromatic N) is 1. The number of hydrogen-bond donors (Lipinski definition) is 0. The highest BCUT2D eigenvalue weighted by Crippen LogP contribution is 2.44. The van der Waals surface area contributed by atoms with Crippen molar-refractivity contribution in [3.05, 3.63) is 45.2 Å². The van der Waals surface area contributed by atoms with Gasteiger partial charge in [-0.15, -0.1) is 0 Å². The van der Waals surface area contributed by atoms with Crippen LogP contribution in [0.4, 0.5) is 13.2 Å². The summed E-state index contributed by atoms with van der Waals surface area (Å²) in [5.41, 5.74) is -1.26. The van der Waals surface area contributed by atoms with Gasteiger partial charge in [0.15, 0.2) is 11.5 Å². The first-order valence-electron chi connectivity index (χ1n) is 7.65. The molecule has 0 saturated heterocycles. The van der Waals surface area contributed by atoms with Crippen molar-refractivity contribution in [1.29, 1.82) is 0 Å². The first-order chi connectivity index (χ1) is 12.6. The molecule has 146 valence electrons. The van der Waals surface area contributed by atoms with Gasteiger partial charge < -0.3 is 14.2 Å². The maximum Gasteiger partial charge on any atom is 0.418 e. The number of aromatic nitrogens is 1. The van der Waals surface area contributed by atoms with Gasteiger partial charge in [-0.3, -0.25) is 4.79 Å². The second-order valence-electron chi connectivity index (χ2n) is 5.63. The fraction of sp³-hybridized carbons (Fsp3) is 0.333. The molecule has 2 rings (SSSR count). The minimum absolute atomic E-state index is 0.0151. The number of ketones is 1. The Hall–Kier alpha value is -2.48. The zero-order valence-corrected chi connectivity index (χ0v) is 16.0. The van der Waals surface area contributed by atoms with Crippen LogP contribution < -0.4 is 14.2 Å². The monoisotopic (exact) mass is 403 g/mol. The van der Waals surface area contributed by atoms with Crippen molar-refractivity contribution in [3.8, 4) is 17.2 Å². The van der Waals surface area contributed by atoms with Crippen molar-refractivity contribution >= 4 is 17.4 Å². The molecule has 0 aliphatic heterocycles. The largest absolute Gasteiger partial charge is 0.493 e. The average molecular weight is 404 g/mol. The SMILES string of the molecule is COc1cc(C)c(C(=O)c2c(Cl)ncc(C(F)(F)F)c2C)c(OC)c1OC. The van der Waals surface area contributed by atoms with Crippen molar-refractivity contribution in [1.82, 2.24) is 4.98 Å². The lowest BCUT2D eigenvalue weighted by atomic mass is 9.94. The number of carbonyl (C=O) groups excluding carboxylic acids is 1. The summed E-state index contributed by atoms with van der Waals surface area (Å²) in [6.45, 7) is 2.77. The van der Waals surface area contributed by atoms with E-state index < -0.39 is 17.5 Å². The molecular formula is C18H17ClF3NO4. The van der Waals surface area contributed by atoms with Crippen molar-refractivity contribution in [3.63, 3.8) is 0 Å². The van der Waals surface area contributed by atoms with Crippen LogP contribution in [0.3, 0.4) is 0 Å². The molecule has 0 spiro atoms. The van der Waals surface area contributed by atoms with Crippen molar-refractivity contribution in [2.45, 2.75) is 20.0 Å².